The zero-order valence-corrected chi connectivity index (χ0v) is 17.5. The van der Waals surface area contributed by atoms with Crippen LogP contribution < -0.4 is 14.2 Å². The lowest BCUT2D eigenvalue weighted by Gasteiger charge is -2.21. The van der Waals surface area contributed by atoms with Gasteiger partial charge in [0.25, 0.3) is 0 Å². The van der Waals surface area contributed by atoms with E-state index in [4.69, 9.17) is 9.47 Å². The summed E-state index contributed by atoms with van der Waals surface area (Å²) in [6, 6.07) is 12.2. The minimum absolute atomic E-state index is 0.171. The van der Waals surface area contributed by atoms with Gasteiger partial charge < -0.3 is 9.47 Å². The summed E-state index contributed by atoms with van der Waals surface area (Å²) >= 11 is 0. The van der Waals surface area contributed by atoms with Gasteiger partial charge in [0, 0.05) is 19.0 Å². The first-order chi connectivity index (χ1) is 13.7. The van der Waals surface area contributed by atoms with E-state index in [0.717, 1.165) is 23.1 Å². The fourth-order valence-corrected chi connectivity index (χ4v) is 3.80. The molecule has 1 aliphatic heterocycles. The van der Waals surface area contributed by atoms with E-state index in [1.165, 1.54) is 11.9 Å². The molecule has 0 fully saturated rings. The van der Waals surface area contributed by atoms with Crippen LogP contribution in [0.4, 0.5) is 5.69 Å². The van der Waals surface area contributed by atoms with Crippen LogP contribution in [0.5, 0.6) is 11.5 Å². The molecule has 2 aromatic carbocycles. The van der Waals surface area contributed by atoms with Gasteiger partial charge in [-0.2, -0.15) is 5.10 Å². The second-order valence-electron chi connectivity index (χ2n) is 6.70. The Kier molecular flexibility index (Phi) is 5.78. The Morgan fingerprint density at radius 1 is 1.10 bits per heavy atom. The van der Waals surface area contributed by atoms with Gasteiger partial charge in [-0.25, -0.2) is 13.4 Å². The van der Waals surface area contributed by atoms with Crippen molar-refractivity contribution in [3.05, 3.63) is 53.6 Å². The third-order valence-electron chi connectivity index (χ3n) is 4.55. The van der Waals surface area contributed by atoms with Gasteiger partial charge in [-0.05, 0) is 35.4 Å². The first-order valence-corrected chi connectivity index (χ1v) is 10.8. The van der Waals surface area contributed by atoms with Crippen LogP contribution in [0.25, 0.3) is 0 Å². The summed E-state index contributed by atoms with van der Waals surface area (Å²) < 4.78 is 35.8. The smallest absolute Gasteiger partial charge is 0.240 e. The number of ether oxygens (including phenoxy) is 2. The summed E-state index contributed by atoms with van der Waals surface area (Å²) in [5.41, 5.74) is 2.91. The average molecular weight is 417 g/mol. The highest BCUT2D eigenvalue weighted by Crippen LogP contribution is 2.37. The van der Waals surface area contributed by atoms with Gasteiger partial charge in [-0.1, -0.05) is 18.2 Å². The number of carbonyl (C=O) groups is 1. The molecule has 1 amide bonds. The zero-order valence-electron chi connectivity index (χ0n) is 16.7. The quantitative estimate of drug-likeness (QED) is 0.779. The normalized spacial score (nSPS) is 16.3. The second kappa shape index (κ2) is 8.12. The van der Waals surface area contributed by atoms with Gasteiger partial charge in [0.05, 0.1) is 32.2 Å². The number of nitrogens with zero attached hydrogens (tertiary/aromatic N) is 2. The first-order valence-electron chi connectivity index (χ1n) is 8.89. The average Bonchev–Trinajstić information content (AvgIpc) is 3.12. The van der Waals surface area contributed by atoms with Crippen LogP contribution in [0.2, 0.25) is 0 Å². The van der Waals surface area contributed by atoms with Crippen molar-refractivity contribution in [2.75, 3.05) is 25.2 Å². The van der Waals surface area contributed by atoms with Crippen molar-refractivity contribution in [3.8, 4) is 11.5 Å². The van der Waals surface area contributed by atoms with E-state index in [-0.39, 0.29) is 11.9 Å². The maximum Gasteiger partial charge on any atom is 0.240 e. The molecule has 8 nitrogen and oxygen atoms in total. The van der Waals surface area contributed by atoms with E-state index in [9.17, 15) is 13.2 Å². The van der Waals surface area contributed by atoms with Crippen molar-refractivity contribution in [2.45, 2.75) is 19.4 Å². The highest BCUT2D eigenvalue weighted by atomic mass is 32.2. The Morgan fingerprint density at radius 3 is 2.31 bits per heavy atom. The molecule has 9 heteroatoms. The van der Waals surface area contributed by atoms with Crippen molar-refractivity contribution >= 4 is 27.3 Å². The summed E-state index contributed by atoms with van der Waals surface area (Å²) in [6.07, 6.45) is 1.62. The Hall–Kier alpha value is -3.07. The molecule has 0 unspecified atom stereocenters. The number of nitrogens with one attached hydrogen (secondary N) is 1. The van der Waals surface area contributed by atoms with Gasteiger partial charge in [-0.15, -0.1) is 0 Å². The number of methoxy groups -OCH3 is 2. The minimum Gasteiger partial charge on any atom is -0.493 e. The lowest BCUT2D eigenvalue weighted by molar-refractivity contribution is -0.130. The van der Waals surface area contributed by atoms with Crippen LogP contribution in [-0.4, -0.2) is 45.5 Å². The number of benzene rings is 2. The van der Waals surface area contributed by atoms with Crippen LogP contribution >= 0.6 is 0 Å². The predicted molar refractivity (Wildman–Crippen MR) is 111 cm³/mol. The maximum absolute atomic E-state index is 12.2. The SMILES string of the molecule is COc1ccc([C@H]2CC(c3ccc(NS(C)(=O)=O)cc3)=NN2C(C)=O)cc1OC. The molecule has 0 spiro atoms. The Balaban J connectivity index is 1.88. The van der Waals surface area contributed by atoms with Crippen LogP contribution in [-0.2, 0) is 14.8 Å². The molecule has 0 saturated heterocycles. The molecule has 3 rings (SSSR count). The first kappa shape index (κ1) is 20.7. The molecule has 0 aromatic heterocycles. The van der Waals surface area contributed by atoms with Gasteiger partial charge >= 0.3 is 0 Å². The zero-order chi connectivity index (χ0) is 21.2. The highest BCUT2D eigenvalue weighted by Gasteiger charge is 2.32. The fourth-order valence-electron chi connectivity index (χ4n) is 3.24. The van der Waals surface area contributed by atoms with Gasteiger partial charge in [-0.3, -0.25) is 9.52 Å². The van der Waals surface area contributed by atoms with E-state index in [0.29, 0.717) is 23.6 Å². The summed E-state index contributed by atoms with van der Waals surface area (Å²) in [7, 11) is -0.211. The Bertz CT molecular complexity index is 1050. The molecular formula is C20H23N3O5S. The molecule has 1 atom stereocenters. The summed E-state index contributed by atoms with van der Waals surface area (Å²) in [4.78, 5) is 12.2. The summed E-state index contributed by atoms with van der Waals surface area (Å²) in [6.45, 7) is 1.47. The third-order valence-corrected chi connectivity index (χ3v) is 5.15. The number of amides is 1. The molecular weight excluding hydrogens is 394 g/mol. The number of hydrazone groups is 1. The fraction of sp³-hybridized carbons (Fsp3) is 0.300. The molecule has 154 valence electrons. The van der Waals surface area contributed by atoms with Crippen molar-refractivity contribution in [2.24, 2.45) is 5.10 Å². The number of hydrogen-bond acceptors (Lipinski definition) is 6. The van der Waals surface area contributed by atoms with Crippen molar-refractivity contribution in [1.82, 2.24) is 5.01 Å². The maximum atomic E-state index is 12.2. The largest absolute Gasteiger partial charge is 0.493 e. The Labute approximate surface area is 170 Å². The third kappa shape index (κ3) is 4.68. The summed E-state index contributed by atoms with van der Waals surface area (Å²) in [5, 5.41) is 5.97. The molecule has 0 saturated carbocycles. The van der Waals surface area contributed by atoms with Crippen molar-refractivity contribution < 1.29 is 22.7 Å². The summed E-state index contributed by atoms with van der Waals surface area (Å²) in [5.74, 6) is 1.02. The van der Waals surface area contributed by atoms with E-state index >= 15 is 0 Å². The Morgan fingerprint density at radius 2 is 1.76 bits per heavy atom. The lowest BCUT2D eigenvalue weighted by Crippen LogP contribution is -2.24. The number of sulfonamides is 1. The van der Waals surface area contributed by atoms with Crippen LogP contribution in [0, 0.1) is 0 Å². The van der Waals surface area contributed by atoms with Crippen LogP contribution in [0.1, 0.15) is 30.5 Å². The molecule has 0 bridgehead atoms. The van der Waals surface area contributed by atoms with E-state index in [1.54, 1.807) is 44.6 Å². The van der Waals surface area contributed by atoms with Crippen molar-refractivity contribution in [1.29, 1.82) is 0 Å². The number of carbonyl (C=O) groups excluding carboxylic acids is 1. The van der Waals surface area contributed by atoms with Gasteiger partial charge in [0.15, 0.2) is 11.5 Å². The minimum atomic E-state index is -3.34. The number of rotatable bonds is 6. The molecule has 29 heavy (non-hydrogen) atoms. The monoisotopic (exact) mass is 417 g/mol. The van der Waals surface area contributed by atoms with Crippen LogP contribution in [0.3, 0.4) is 0 Å². The van der Waals surface area contributed by atoms with E-state index < -0.39 is 10.0 Å². The number of anilines is 1. The van der Waals surface area contributed by atoms with Gasteiger partial charge in [0.1, 0.15) is 0 Å². The molecule has 0 radical (unpaired) electrons. The lowest BCUT2D eigenvalue weighted by atomic mass is 9.98. The predicted octanol–water partition coefficient (Wildman–Crippen LogP) is 2.77. The van der Waals surface area contributed by atoms with Gasteiger partial charge in [0.2, 0.25) is 15.9 Å². The van der Waals surface area contributed by atoms with Crippen molar-refractivity contribution in [3.63, 3.8) is 0 Å². The molecule has 1 N–H and O–H groups in total. The molecule has 1 aliphatic rings. The van der Waals surface area contributed by atoms with E-state index in [1.807, 2.05) is 12.1 Å². The molecule has 1 heterocycles. The topological polar surface area (TPSA) is 97.3 Å². The number of hydrogen-bond donors (Lipinski definition) is 1. The second-order valence-corrected chi connectivity index (χ2v) is 8.44. The molecule has 2 aromatic rings. The molecule has 0 aliphatic carbocycles. The van der Waals surface area contributed by atoms with E-state index in [2.05, 4.69) is 9.82 Å². The van der Waals surface area contributed by atoms with Crippen LogP contribution in [0.15, 0.2) is 47.6 Å². The standard InChI is InChI=1S/C20H23N3O5S/c1-13(24)23-18(15-7-10-19(27-2)20(11-15)28-3)12-17(21-23)14-5-8-16(9-6-14)22-29(4,25)26/h5-11,18,22H,12H2,1-4H3/t18-/m1/s1. The highest BCUT2D eigenvalue weighted by molar-refractivity contribution is 7.92.